The summed E-state index contributed by atoms with van der Waals surface area (Å²) in [4.78, 5) is 13.7. The molecule has 1 aliphatic rings. The third kappa shape index (κ3) is 3.39. The first-order chi connectivity index (χ1) is 12.1. The topological polar surface area (TPSA) is 47.8 Å². The number of carbonyl (C=O) groups excluding carboxylic acids is 1. The number of hydrogen-bond donors (Lipinski definition) is 0. The summed E-state index contributed by atoms with van der Waals surface area (Å²) >= 11 is 3.05. The van der Waals surface area contributed by atoms with Crippen molar-refractivity contribution in [1.82, 2.24) is 14.8 Å². The van der Waals surface area contributed by atoms with Gasteiger partial charge >= 0.3 is 0 Å². The Bertz CT molecular complexity index is 886. The van der Waals surface area contributed by atoms with Gasteiger partial charge in [0.2, 0.25) is 0 Å². The van der Waals surface area contributed by atoms with Crippen LogP contribution in [0.15, 0.2) is 46.9 Å². The molecule has 25 heavy (non-hydrogen) atoms. The highest BCUT2D eigenvalue weighted by Gasteiger charge is 2.31. The van der Waals surface area contributed by atoms with Gasteiger partial charge in [0.15, 0.2) is 16.8 Å². The number of nitrogens with zero attached hydrogens (tertiary/aromatic N) is 3. The molecule has 1 atom stereocenters. The molecule has 3 aromatic rings. The number of aromatic nitrogens is 3. The van der Waals surface area contributed by atoms with Crippen LogP contribution in [0.3, 0.4) is 0 Å². The van der Waals surface area contributed by atoms with Gasteiger partial charge in [-0.15, -0.1) is 21.5 Å². The molecule has 0 bridgehead atoms. The monoisotopic (exact) mass is 373 g/mol. The van der Waals surface area contributed by atoms with E-state index in [0.29, 0.717) is 11.6 Å². The first-order valence-electron chi connectivity index (χ1n) is 8.08. The molecule has 2 aromatic heterocycles. The van der Waals surface area contributed by atoms with E-state index in [-0.39, 0.29) is 16.9 Å². The lowest BCUT2D eigenvalue weighted by molar-refractivity contribution is 0.0994. The van der Waals surface area contributed by atoms with Gasteiger partial charge in [-0.1, -0.05) is 17.8 Å². The van der Waals surface area contributed by atoms with Crippen molar-refractivity contribution in [1.29, 1.82) is 0 Å². The van der Waals surface area contributed by atoms with E-state index >= 15 is 0 Å². The Morgan fingerprint density at radius 3 is 2.68 bits per heavy atom. The second-order valence-corrected chi connectivity index (χ2v) is 8.27. The van der Waals surface area contributed by atoms with E-state index in [1.165, 1.54) is 36.0 Å². The maximum atomic E-state index is 13.0. The van der Waals surface area contributed by atoms with Crippen molar-refractivity contribution in [2.45, 2.75) is 36.2 Å². The van der Waals surface area contributed by atoms with Crippen molar-refractivity contribution in [2.75, 3.05) is 0 Å². The number of halogens is 1. The van der Waals surface area contributed by atoms with Crippen LogP contribution < -0.4 is 0 Å². The molecular weight excluding hydrogens is 357 g/mol. The predicted octanol–water partition coefficient (Wildman–Crippen LogP) is 4.84. The molecule has 0 aliphatic heterocycles. The summed E-state index contributed by atoms with van der Waals surface area (Å²) < 4.78 is 15.2. The van der Waals surface area contributed by atoms with Crippen LogP contribution in [-0.4, -0.2) is 25.8 Å². The van der Waals surface area contributed by atoms with Crippen LogP contribution in [0, 0.1) is 5.82 Å². The lowest BCUT2D eigenvalue weighted by atomic mass is 10.1. The highest BCUT2D eigenvalue weighted by molar-refractivity contribution is 8.00. The highest BCUT2D eigenvalue weighted by Crippen LogP contribution is 2.42. The van der Waals surface area contributed by atoms with Crippen molar-refractivity contribution >= 4 is 28.9 Å². The average Bonchev–Trinajstić information content (AvgIpc) is 3.14. The van der Waals surface area contributed by atoms with E-state index in [1.54, 1.807) is 11.3 Å². The molecule has 0 N–H and O–H groups in total. The fourth-order valence-electron chi connectivity index (χ4n) is 2.65. The van der Waals surface area contributed by atoms with Gasteiger partial charge in [-0.2, -0.15) is 0 Å². The molecule has 2 heterocycles. The molecule has 0 saturated heterocycles. The maximum Gasteiger partial charge on any atom is 0.192 e. The van der Waals surface area contributed by atoms with Crippen molar-refractivity contribution in [3.8, 4) is 10.7 Å². The summed E-state index contributed by atoms with van der Waals surface area (Å²) in [6.07, 6.45) is 2.23. The summed E-state index contributed by atoms with van der Waals surface area (Å²) in [5, 5.41) is 11.2. The minimum atomic E-state index is -0.342. The zero-order valence-electron chi connectivity index (χ0n) is 13.6. The van der Waals surface area contributed by atoms with E-state index in [2.05, 4.69) is 14.8 Å². The van der Waals surface area contributed by atoms with Crippen molar-refractivity contribution < 1.29 is 9.18 Å². The number of thioether (sulfide) groups is 1. The molecule has 1 saturated carbocycles. The minimum absolute atomic E-state index is 0.0342. The molecule has 7 heteroatoms. The first kappa shape index (κ1) is 16.5. The zero-order chi connectivity index (χ0) is 17.4. The SMILES string of the molecule is C[C@H](Sc1nnc(-c2cccs2)n1C1CC1)C(=O)c1ccc(F)cc1. The molecule has 1 aliphatic carbocycles. The molecule has 0 amide bonds. The average molecular weight is 373 g/mol. The molecule has 0 radical (unpaired) electrons. The molecular formula is C18H16FN3OS2. The standard InChI is InChI=1S/C18H16FN3OS2/c1-11(16(23)12-4-6-13(19)7-5-12)25-18-21-20-17(15-3-2-10-24-15)22(18)14-8-9-14/h2-7,10-11,14H,8-9H2,1H3/t11-/m0/s1. The minimum Gasteiger partial charge on any atom is -0.298 e. The van der Waals surface area contributed by atoms with Gasteiger partial charge in [0.25, 0.3) is 0 Å². The summed E-state index contributed by atoms with van der Waals surface area (Å²) in [6, 6.07) is 10.1. The Morgan fingerprint density at radius 2 is 2.04 bits per heavy atom. The largest absolute Gasteiger partial charge is 0.298 e. The van der Waals surface area contributed by atoms with E-state index < -0.39 is 0 Å². The quantitative estimate of drug-likeness (QED) is 0.458. The van der Waals surface area contributed by atoms with Crippen molar-refractivity contribution in [3.63, 3.8) is 0 Å². The van der Waals surface area contributed by atoms with Crippen LogP contribution in [0.1, 0.15) is 36.2 Å². The smallest absolute Gasteiger partial charge is 0.192 e. The zero-order valence-corrected chi connectivity index (χ0v) is 15.2. The van der Waals surface area contributed by atoms with E-state index in [1.807, 2.05) is 24.4 Å². The molecule has 0 unspecified atom stereocenters. The number of Topliss-reactive ketones (excluding diaryl/α,β-unsaturated/α-hetero) is 1. The molecule has 4 nitrogen and oxygen atoms in total. The van der Waals surface area contributed by atoms with E-state index in [9.17, 15) is 9.18 Å². The summed E-state index contributed by atoms with van der Waals surface area (Å²) in [7, 11) is 0. The van der Waals surface area contributed by atoms with Gasteiger partial charge in [-0.25, -0.2) is 4.39 Å². The third-order valence-electron chi connectivity index (χ3n) is 4.10. The molecule has 128 valence electrons. The van der Waals surface area contributed by atoms with Crippen molar-refractivity contribution in [3.05, 3.63) is 53.2 Å². The van der Waals surface area contributed by atoms with Gasteiger partial charge in [0.1, 0.15) is 5.82 Å². The van der Waals surface area contributed by atoms with E-state index in [4.69, 9.17) is 0 Å². The van der Waals surface area contributed by atoms with Crippen LogP contribution in [0.5, 0.6) is 0 Å². The van der Waals surface area contributed by atoms with Crippen LogP contribution in [0.4, 0.5) is 4.39 Å². The Kier molecular flexibility index (Phi) is 4.43. The number of hydrogen-bond acceptors (Lipinski definition) is 5. The van der Waals surface area contributed by atoms with Gasteiger partial charge in [-0.05, 0) is 55.5 Å². The van der Waals surface area contributed by atoms with Crippen molar-refractivity contribution in [2.24, 2.45) is 0 Å². The molecule has 4 rings (SSSR count). The lowest BCUT2D eigenvalue weighted by Gasteiger charge is -2.12. The number of ketones is 1. The second kappa shape index (κ2) is 6.72. The number of benzene rings is 1. The fraction of sp³-hybridized carbons (Fsp3) is 0.278. The summed E-state index contributed by atoms with van der Waals surface area (Å²) in [5.74, 6) is 0.500. The Labute approximate surface area is 153 Å². The lowest BCUT2D eigenvalue weighted by Crippen LogP contribution is -2.14. The normalized spacial score (nSPS) is 15.3. The summed E-state index contributed by atoms with van der Waals surface area (Å²) in [6.45, 7) is 1.85. The molecule has 1 aromatic carbocycles. The van der Waals surface area contributed by atoms with Crippen LogP contribution in [0.2, 0.25) is 0 Å². The van der Waals surface area contributed by atoms with Gasteiger partial charge in [0.05, 0.1) is 10.1 Å². The second-order valence-electron chi connectivity index (χ2n) is 6.02. The first-order valence-corrected chi connectivity index (χ1v) is 9.84. The van der Waals surface area contributed by atoms with Gasteiger partial charge < -0.3 is 0 Å². The molecule has 0 spiro atoms. The third-order valence-corrected chi connectivity index (χ3v) is 6.02. The number of rotatable bonds is 6. The van der Waals surface area contributed by atoms with Gasteiger partial charge in [-0.3, -0.25) is 9.36 Å². The Hall–Kier alpha value is -1.99. The fourth-order valence-corrected chi connectivity index (χ4v) is 4.36. The highest BCUT2D eigenvalue weighted by atomic mass is 32.2. The molecule has 1 fully saturated rings. The van der Waals surface area contributed by atoms with Gasteiger partial charge in [0, 0.05) is 11.6 Å². The predicted molar refractivity (Wildman–Crippen MR) is 97.7 cm³/mol. The summed E-state index contributed by atoms with van der Waals surface area (Å²) in [5.41, 5.74) is 0.511. The maximum absolute atomic E-state index is 13.0. The van der Waals surface area contributed by atoms with E-state index in [0.717, 1.165) is 28.7 Å². The Morgan fingerprint density at radius 1 is 1.28 bits per heavy atom. The Balaban J connectivity index is 1.58. The van der Waals surface area contributed by atoms with Crippen LogP contribution in [-0.2, 0) is 0 Å². The van der Waals surface area contributed by atoms with Crippen LogP contribution in [0.25, 0.3) is 10.7 Å². The van der Waals surface area contributed by atoms with Crippen LogP contribution >= 0.6 is 23.1 Å². The number of carbonyl (C=O) groups is 1. The number of thiophene rings is 1.